The van der Waals surface area contributed by atoms with Gasteiger partial charge in [-0.25, -0.2) is 6.57 Å². The van der Waals surface area contributed by atoms with Gasteiger partial charge in [-0.15, -0.1) is 10.2 Å². The zero-order valence-corrected chi connectivity index (χ0v) is 22.3. The van der Waals surface area contributed by atoms with Crippen molar-refractivity contribution in [1.29, 1.82) is 0 Å². The molecule has 7 nitrogen and oxygen atoms in total. The molecular formula is C31H33N5O2. The van der Waals surface area contributed by atoms with Gasteiger partial charge in [0.15, 0.2) is 0 Å². The summed E-state index contributed by atoms with van der Waals surface area (Å²) in [7, 11) is 1.94. The summed E-state index contributed by atoms with van der Waals surface area (Å²) in [5, 5.41) is 9.15. The monoisotopic (exact) mass is 507 g/mol. The number of fused-ring (bicyclic) bond motifs is 1. The van der Waals surface area contributed by atoms with E-state index in [9.17, 15) is 4.79 Å². The Hall–Kier alpha value is -3.76. The number of aryl methyl sites for hydroxylation is 2. The lowest BCUT2D eigenvalue weighted by Gasteiger charge is -2.41. The van der Waals surface area contributed by atoms with Crippen LogP contribution in [0.2, 0.25) is 0 Å². The van der Waals surface area contributed by atoms with Crippen LogP contribution in [-0.4, -0.2) is 38.8 Å². The van der Waals surface area contributed by atoms with E-state index in [1.54, 1.807) is 12.6 Å². The number of piperidine rings is 1. The second-order valence-corrected chi connectivity index (χ2v) is 11.4. The molecule has 0 radical (unpaired) electrons. The van der Waals surface area contributed by atoms with E-state index < -0.39 is 0 Å². The molecule has 3 heterocycles. The highest BCUT2D eigenvalue weighted by Crippen LogP contribution is 2.50. The molecule has 194 valence electrons. The lowest BCUT2D eigenvalue weighted by atomic mass is 9.61. The molecule has 0 spiro atoms. The smallest absolute Gasteiger partial charge is 0.226 e. The second kappa shape index (κ2) is 9.52. The van der Waals surface area contributed by atoms with Gasteiger partial charge in [0.1, 0.15) is 24.0 Å². The van der Waals surface area contributed by atoms with Crippen molar-refractivity contribution in [2.45, 2.75) is 57.5 Å². The SMILES string of the molecule is [C-]#[N+]C1CC(c2cccc(-c3coc4c(C)cc(CN5CCC[C@H](C)C5)cc4c3=O)c2)(c2nncn2C)C1. The van der Waals surface area contributed by atoms with Gasteiger partial charge in [-0.2, -0.15) is 0 Å². The van der Waals surface area contributed by atoms with Gasteiger partial charge in [-0.05, 0) is 66.6 Å². The second-order valence-electron chi connectivity index (χ2n) is 11.4. The molecule has 0 unspecified atom stereocenters. The molecule has 0 amide bonds. The number of rotatable bonds is 5. The quantitative estimate of drug-likeness (QED) is 0.334. The van der Waals surface area contributed by atoms with Gasteiger partial charge in [0.25, 0.3) is 0 Å². The summed E-state index contributed by atoms with van der Waals surface area (Å²) in [4.78, 5) is 20.1. The van der Waals surface area contributed by atoms with Crippen LogP contribution in [0.1, 0.15) is 55.1 Å². The van der Waals surface area contributed by atoms with Crippen LogP contribution in [0.4, 0.5) is 0 Å². The fraction of sp³-hybridized carbons (Fsp3) is 0.419. The van der Waals surface area contributed by atoms with Gasteiger partial charge in [0.05, 0.1) is 16.4 Å². The van der Waals surface area contributed by atoms with Crippen molar-refractivity contribution in [3.05, 3.63) is 93.1 Å². The molecule has 1 aliphatic heterocycles. The molecule has 0 bridgehead atoms. The van der Waals surface area contributed by atoms with Crippen molar-refractivity contribution in [3.63, 3.8) is 0 Å². The minimum absolute atomic E-state index is 0.0132. The number of aromatic nitrogens is 3. The van der Waals surface area contributed by atoms with Crippen molar-refractivity contribution in [2.24, 2.45) is 13.0 Å². The highest BCUT2D eigenvalue weighted by Gasteiger charge is 2.53. The van der Waals surface area contributed by atoms with Crippen LogP contribution in [0, 0.1) is 19.4 Å². The van der Waals surface area contributed by atoms with Crippen molar-refractivity contribution in [2.75, 3.05) is 13.1 Å². The zero-order valence-electron chi connectivity index (χ0n) is 22.3. The van der Waals surface area contributed by atoms with E-state index in [4.69, 9.17) is 11.0 Å². The average molecular weight is 508 g/mol. The standard InChI is InChI=1S/C31H33N5O2/c1-20-7-6-10-36(16-20)17-22-11-21(2)29-26(12-22)28(37)27(18-38-29)23-8-5-9-24(13-23)31(14-25(15-31)32-3)30-34-33-19-35(30)4/h5,8-9,11-13,18-20,25H,6-7,10,14-17H2,1-2,4H3/t20-,25?,31?/m0/s1. The number of nitrogens with zero attached hydrogens (tertiary/aromatic N) is 5. The molecule has 1 aliphatic carbocycles. The molecule has 2 aromatic heterocycles. The van der Waals surface area contributed by atoms with E-state index in [-0.39, 0.29) is 16.9 Å². The molecule has 38 heavy (non-hydrogen) atoms. The Morgan fingerprint density at radius 2 is 2.08 bits per heavy atom. The van der Waals surface area contributed by atoms with Crippen molar-refractivity contribution >= 4 is 11.0 Å². The number of benzene rings is 2. The molecule has 1 saturated heterocycles. The summed E-state index contributed by atoms with van der Waals surface area (Å²) in [6.07, 6.45) is 7.19. The number of hydrogen-bond acceptors (Lipinski definition) is 5. The third-order valence-electron chi connectivity index (χ3n) is 8.48. The van der Waals surface area contributed by atoms with Crippen LogP contribution in [0.5, 0.6) is 0 Å². The maximum absolute atomic E-state index is 13.9. The molecule has 1 saturated carbocycles. The first-order valence-corrected chi connectivity index (χ1v) is 13.5. The Morgan fingerprint density at radius 1 is 1.24 bits per heavy atom. The average Bonchev–Trinajstić information content (AvgIpc) is 3.31. The van der Waals surface area contributed by atoms with Gasteiger partial charge in [-0.1, -0.05) is 31.2 Å². The normalized spacial score (nSPS) is 23.7. The molecule has 6 rings (SSSR count). The highest BCUT2D eigenvalue weighted by atomic mass is 16.3. The van der Waals surface area contributed by atoms with Crippen molar-refractivity contribution in [1.82, 2.24) is 19.7 Å². The summed E-state index contributed by atoms with van der Waals surface area (Å²) in [5.74, 6) is 1.56. The molecule has 1 atom stereocenters. The summed E-state index contributed by atoms with van der Waals surface area (Å²) in [6, 6.07) is 12.2. The van der Waals surface area contributed by atoms with Gasteiger partial charge >= 0.3 is 0 Å². The predicted molar refractivity (Wildman–Crippen MR) is 148 cm³/mol. The van der Waals surface area contributed by atoms with Crippen LogP contribution >= 0.6 is 0 Å². The Balaban J connectivity index is 1.39. The summed E-state index contributed by atoms with van der Waals surface area (Å²) in [5.41, 5.74) is 4.82. The third-order valence-corrected chi connectivity index (χ3v) is 8.48. The first-order valence-electron chi connectivity index (χ1n) is 13.5. The van der Waals surface area contributed by atoms with E-state index in [0.717, 1.165) is 47.7 Å². The zero-order chi connectivity index (χ0) is 26.4. The molecule has 7 heteroatoms. The van der Waals surface area contributed by atoms with E-state index >= 15 is 0 Å². The van der Waals surface area contributed by atoms with E-state index in [1.165, 1.54) is 12.8 Å². The third kappa shape index (κ3) is 4.13. The van der Waals surface area contributed by atoms with Crippen molar-refractivity contribution in [3.8, 4) is 11.1 Å². The molecule has 4 aromatic rings. The van der Waals surface area contributed by atoms with E-state index in [0.29, 0.717) is 35.3 Å². The number of likely N-dealkylation sites (tertiary alicyclic amines) is 1. The van der Waals surface area contributed by atoms with Gasteiger partial charge in [0.2, 0.25) is 11.5 Å². The maximum Gasteiger partial charge on any atom is 0.226 e. The first kappa shape index (κ1) is 24.6. The summed E-state index contributed by atoms with van der Waals surface area (Å²) in [6.45, 7) is 14.9. The molecule has 2 fully saturated rings. The maximum atomic E-state index is 13.9. The Kier molecular flexibility index (Phi) is 6.16. The largest absolute Gasteiger partial charge is 0.463 e. The minimum Gasteiger partial charge on any atom is -0.463 e. The van der Waals surface area contributed by atoms with Crippen LogP contribution in [-0.2, 0) is 19.0 Å². The van der Waals surface area contributed by atoms with Crippen LogP contribution < -0.4 is 5.43 Å². The Bertz CT molecular complexity index is 1600. The lowest BCUT2D eigenvalue weighted by molar-refractivity contribution is 0.176. The number of hydrogen-bond donors (Lipinski definition) is 0. The topological polar surface area (TPSA) is 68.5 Å². The van der Waals surface area contributed by atoms with E-state index in [1.807, 2.05) is 36.7 Å². The van der Waals surface area contributed by atoms with Gasteiger partial charge in [-0.3, -0.25) is 9.69 Å². The Morgan fingerprint density at radius 3 is 2.82 bits per heavy atom. The molecule has 0 N–H and O–H groups in total. The molecule has 2 aliphatic rings. The van der Waals surface area contributed by atoms with Crippen LogP contribution in [0.25, 0.3) is 26.9 Å². The first-order chi connectivity index (χ1) is 18.4. The molecular weight excluding hydrogens is 474 g/mol. The summed E-state index contributed by atoms with van der Waals surface area (Å²) < 4.78 is 8.02. The lowest BCUT2D eigenvalue weighted by Crippen LogP contribution is -2.46. The highest BCUT2D eigenvalue weighted by molar-refractivity contribution is 5.84. The van der Waals surface area contributed by atoms with Crippen LogP contribution in [0.3, 0.4) is 0 Å². The van der Waals surface area contributed by atoms with Gasteiger partial charge < -0.3 is 13.8 Å². The van der Waals surface area contributed by atoms with Gasteiger partial charge in [0, 0.05) is 33.0 Å². The fourth-order valence-corrected chi connectivity index (χ4v) is 6.55. The fourth-order valence-electron chi connectivity index (χ4n) is 6.55. The Labute approximate surface area is 222 Å². The minimum atomic E-state index is -0.386. The van der Waals surface area contributed by atoms with E-state index in [2.05, 4.69) is 45.1 Å². The van der Waals surface area contributed by atoms with Crippen molar-refractivity contribution < 1.29 is 4.42 Å². The summed E-state index contributed by atoms with van der Waals surface area (Å²) >= 11 is 0. The molecule has 2 aromatic carbocycles. The predicted octanol–water partition coefficient (Wildman–Crippen LogP) is 5.50. The van der Waals surface area contributed by atoms with Crippen LogP contribution in [0.15, 0.2) is 58.2 Å².